The van der Waals surface area contributed by atoms with E-state index in [1.807, 2.05) is 13.8 Å². The van der Waals surface area contributed by atoms with Gasteiger partial charge in [-0.05, 0) is 18.2 Å². The van der Waals surface area contributed by atoms with Crippen molar-refractivity contribution >= 4 is 18.6 Å². The molecule has 0 aromatic rings. The molecule has 1 unspecified atom stereocenters. The van der Waals surface area contributed by atoms with E-state index in [9.17, 15) is 4.79 Å². The van der Waals surface area contributed by atoms with Crippen molar-refractivity contribution in [3.05, 3.63) is 10.5 Å². The summed E-state index contributed by atoms with van der Waals surface area (Å²) >= 11 is 4.20. The molecule has 0 saturated carbocycles. The number of rotatable bonds is 1. The lowest BCUT2D eigenvalue weighted by atomic mass is 10.1. The number of hydrogen-bond donors (Lipinski definition) is 1. The van der Waals surface area contributed by atoms with Gasteiger partial charge in [-0.1, -0.05) is 6.92 Å². The molecule has 2 nitrogen and oxygen atoms in total. The van der Waals surface area contributed by atoms with Gasteiger partial charge in [0.15, 0.2) is 0 Å². The second-order valence-electron chi connectivity index (χ2n) is 2.70. The Kier molecular flexibility index (Phi) is 2.60. The van der Waals surface area contributed by atoms with Gasteiger partial charge in [0.2, 0.25) is 0 Å². The molecule has 0 amide bonds. The number of carbonyl (C=O) groups is 1. The zero-order valence-electron chi connectivity index (χ0n) is 6.76. The first-order valence-electron chi connectivity index (χ1n) is 3.77. The van der Waals surface area contributed by atoms with Gasteiger partial charge in [0.05, 0.1) is 5.57 Å². The van der Waals surface area contributed by atoms with Gasteiger partial charge in [-0.25, -0.2) is 4.79 Å². The summed E-state index contributed by atoms with van der Waals surface area (Å²) in [4.78, 5) is 11.9. The van der Waals surface area contributed by atoms with Crippen LogP contribution in [0.2, 0.25) is 0 Å². The van der Waals surface area contributed by atoms with Crippen LogP contribution in [0.4, 0.5) is 0 Å². The zero-order valence-corrected chi connectivity index (χ0v) is 7.65. The van der Waals surface area contributed by atoms with E-state index in [0.29, 0.717) is 6.42 Å². The van der Waals surface area contributed by atoms with Crippen molar-refractivity contribution in [3.63, 3.8) is 0 Å². The quantitative estimate of drug-likeness (QED) is 0.371. The van der Waals surface area contributed by atoms with E-state index in [-0.39, 0.29) is 12.1 Å². The first kappa shape index (κ1) is 8.65. The Morgan fingerprint density at radius 1 is 1.82 bits per heavy atom. The molecule has 1 fully saturated rings. The van der Waals surface area contributed by atoms with Crippen molar-refractivity contribution in [2.75, 3.05) is 0 Å². The predicted molar refractivity (Wildman–Crippen MR) is 46.5 cm³/mol. The third-order valence-electron chi connectivity index (χ3n) is 1.73. The van der Waals surface area contributed by atoms with Gasteiger partial charge in [-0.15, -0.1) is 12.6 Å². The van der Waals surface area contributed by atoms with E-state index < -0.39 is 0 Å². The number of allylic oxidation sites excluding steroid dienone is 1. The maximum absolute atomic E-state index is 11.1. The largest absolute Gasteiger partial charge is 0.459 e. The highest BCUT2D eigenvalue weighted by atomic mass is 32.1. The smallest absolute Gasteiger partial charge is 0.335 e. The van der Waals surface area contributed by atoms with Crippen molar-refractivity contribution in [1.82, 2.24) is 0 Å². The third-order valence-corrected chi connectivity index (χ3v) is 2.32. The monoisotopic (exact) mass is 172 g/mol. The Labute approximate surface area is 72.0 Å². The molecular formula is C8H12O2S. The lowest BCUT2D eigenvalue weighted by molar-refractivity contribution is -0.138. The van der Waals surface area contributed by atoms with Crippen LogP contribution >= 0.6 is 12.6 Å². The van der Waals surface area contributed by atoms with Crippen LogP contribution in [0, 0.1) is 0 Å². The second-order valence-corrected chi connectivity index (χ2v) is 3.24. The first-order valence-corrected chi connectivity index (χ1v) is 4.21. The molecule has 1 saturated heterocycles. The summed E-state index contributed by atoms with van der Waals surface area (Å²) in [6.07, 6.45) is 1.55. The summed E-state index contributed by atoms with van der Waals surface area (Å²) in [6, 6.07) is 0. The number of thiol groups is 1. The molecule has 3 heteroatoms. The molecule has 0 aromatic heterocycles. The van der Waals surface area contributed by atoms with Crippen molar-refractivity contribution in [2.24, 2.45) is 0 Å². The zero-order chi connectivity index (χ0) is 8.43. The highest BCUT2D eigenvalue weighted by Gasteiger charge is 2.26. The molecule has 0 aliphatic carbocycles. The van der Waals surface area contributed by atoms with Crippen LogP contribution in [0.3, 0.4) is 0 Å². The maximum atomic E-state index is 11.1. The number of hydrogen-bond acceptors (Lipinski definition) is 3. The normalized spacial score (nSPS) is 28.6. The second kappa shape index (κ2) is 3.30. The standard InChI is InChI=1S/C8H12O2S/c1-3-7(11)6-4-5(2)10-8(6)9/h5,11H,3-4H2,1-2H3/b7-6-. The van der Waals surface area contributed by atoms with Crippen molar-refractivity contribution in [1.29, 1.82) is 0 Å². The molecular weight excluding hydrogens is 160 g/mol. The lowest BCUT2D eigenvalue weighted by Gasteiger charge is -1.95. The van der Waals surface area contributed by atoms with Gasteiger partial charge in [0, 0.05) is 6.42 Å². The maximum Gasteiger partial charge on any atom is 0.335 e. The molecule has 1 aliphatic heterocycles. The lowest BCUT2D eigenvalue weighted by Crippen LogP contribution is -1.99. The minimum absolute atomic E-state index is 0.0335. The Morgan fingerprint density at radius 3 is 2.82 bits per heavy atom. The molecule has 1 atom stereocenters. The molecule has 1 heterocycles. The van der Waals surface area contributed by atoms with E-state index in [4.69, 9.17) is 4.74 Å². The third kappa shape index (κ3) is 1.77. The summed E-state index contributed by atoms with van der Waals surface area (Å²) in [6.45, 7) is 3.87. The van der Waals surface area contributed by atoms with Gasteiger partial charge in [-0.2, -0.15) is 0 Å². The molecule has 0 bridgehead atoms. The fraction of sp³-hybridized carbons (Fsp3) is 0.625. The van der Waals surface area contributed by atoms with Gasteiger partial charge in [-0.3, -0.25) is 0 Å². The average Bonchev–Trinajstić information content (AvgIpc) is 2.28. The van der Waals surface area contributed by atoms with E-state index in [2.05, 4.69) is 12.6 Å². The van der Waals surface area contributed by atoms with Crippen LogP contribution in [0.1, 0.15) is 26.7 Å². The van der Waals surface area contributed by atoms with E-state index in [0.717, 1.165) is 16.9 Å². The SMILES string of the molecule is CC/C(S)=C1\CC(C)OC1=O. The van der Waals surface area contributed by atoms with Gasteiger partial charge in [0.25, 0.3) is 0 Å². The van der Waals surface area contributed by atoms with Crippen molar-refractivity contribution < 1.29 is 9.53 Å². The number of esters is 1. The first-order chi connectivity index (χ1) is 5.15. The Hall–Kier alpha value is -0.440. The summed E-state index contributed by atoms with van der Waals surface area (Å²) in [5.41, 5.74) is 0.753. The van der Waals surface area contributed by atoms with Crippen molar-refractivity contribution in [2.45, 2.75) is 32.8 Å². The highest BCUT2D eigenvalue weighted by Crippen LogP contribution is 2.26. The van der Waals surface area contributed by atoms with Crippen LogP contribution in [0.5, 0.6) is 0 Å². The molecule has 1 rings (SSSR count). The predicted octanol–water partition coefficient (Wildman–Crippen LogP) is 1.92. The van der Waals surface area contributed by atoms with E-state index >= 15 is 0 Å². The topological polar surface area (TPSA) is 26.3 Å². The number of cyclic esters (lactones) is 1. The summed E-state index contributed by atoms with van der Waals surface area (Å²) in [5, 5.41) is 0. The summed E-state index contributed by atoms with van der Waals surface area (Å²) in [7, 11) is 0. The van der Waals surface area contributed by atoms with E-state index in [1.54, 1.807) is 0 Å². The highest BCUT2D eigenvalue weighted by molar-refractivity contribution is 7.84. The Morgan fingerprint density at radius 2 is 2.45 bits per heavy atom. The Balaban J connectivity index is 2.82. The van der Waals surface area contributed by atoms with E-state index in [1.165, 1.54) is 0 Å². The minimum Gasteiger partial charge on any atom is -0.459 e. The van der Waals surface area contributed by atoms with Crippen LogP contribution in [0.15, 0.2) is 10.5 Å². The fourth-order valence-corrected chi connectivity index (χ4v) is 1.30. The number of ether oxygens (including phenoxy) is 1. The van der Waals surface area contributed by atoms with Crippen LogP contribution in [0.25, 0.3) is 0 Å². The molecule has 0 N–H and O–H groups in total. The van der Waals surface area contributed by atoms with Crippen LogP contribution < -0.4 is 0 Å². The van der Waals surface area contributed by atoms with Gasteiger partial charge in [0.1, 0.15) is 6.10 Å². The molecule has 1 aliphatic rings. The molecule has 62 valence electrons. The summed E-state index contributed by atoms with van der Waals surface area (Å²) in [5.74, 6) is -0.190. The van der Waals surface area contributed by atoms with Gasteiger partial charge < -0.3 is 4.74 Å². The summed E-state index contributed by atoms with van der Waals surface area (Å²) < 4.78 is 4.95. The molecule has 0 spiro atoms. The van der Waals surface area contributed by atoms with Crippen molar-refractivity contribution in [3.8, 4) is 0 Å². The van der Waals surface area contributed by atoms with Crippen LogP contribution in [-0.2, 0) is 9.53 Å². The number of carbonyl (C=O) groups excluding carboxylic acids is 1. The Bertz CT molecular complexity index is 208. The fourth-order valence-electron chi connectivity index (χ4n) is 1.12. The molecule has 11 heavy (non-hydrogen) atoms. The van der Waals surface area contributed by atoms with Gasteiger partial charge >= 0.3 is 5.97 Å². The molecule has 0 aromatic carbocycles. The minimum atomic E-state index is -0.190. The average molecular weight is 172 g/mol. The van der Waals surface area contributed by atoms with Crippen LogP contribution in [-0.4, -0.2) is 12.1 Å². The molecule has 0 radical (unpaired) electrons.